The number of likely N-dealkylation sites (tertiary alicyclic amines) is 1. The van der Waals surface area contributed by atoms with Crippen molar-refractivity contribution in [2.24, 2.45) is 5.92 Å². The van der Waals surface area contributed by atoms with Gasteiger partial charge in [0.25, 0.3) is 0 Å². The first-order chi connectivity index (χ1) is 18.6. The molecule has 0 bridgehead atoms. The van der Waals surface area contributed by atoms with Gasteiger partial charge in [-0.3, -0.25) is 0 Å². The van der Waals surface area contributed by atoms with Crippen LogP contribution in [0.25, 0.3) is 5.52 Å². The molecule has 3 heterocycles. The van der Waals surface area contributed by atoms with Crippen molar-refractivity contribution in [1.29, 1.82) is 0 Å². The molecule has 12 heteroatoms. The fraction of sp³-hybridized carbons (Fsp3) is 0.407. The molecule has 2 atom stereocenters. The molecule has 0 spiro atoms. The Morgan fingerprint density at radius 1 is 1.33 bits per heavy atom. The predicted octanol–water partition coefficient (Wildman–Crippen LogP) is 2.52. The van der Waals surface area contributed by atoms with E-state index in [1.54, 1.807) is 48.1 Å². The van der Waals surface area contributed by atoms with E-state index in [9.17, 15) is 18.0 Å². The number of fused-ring (bicyclic) bond motifs is 2. The number of anilines is 2. The SMILES string of the molecule is CNC(=O)c1ccc(OC)c(NCC#Cc2cc3c(N[C@@]45CCN(C)C[C@@H]4C5)nccn3c2[Se]C(F)(F)F)c1. The van der Waals surface area contributed by atoms with Crippen molar-refractivity contribution in [3.63, 3.8) is 0 Å². The first-order valence-corrected chi connectivity index (χ1v) is 14.2. The number of carbonyl (C=O) groups excluding carboxylic acids is 1. The van der Waals surface area contributed by atoms with Crippen LogP contribution in [0.2, 0.25) is 0 Å². The van der Waals surface area contributed by atoms with Gasteiger partial charge in [-0.15, -0.1) is 0 Å². The molecular weight excluding hydrogens is 576 g/mol. The van der Waals surface area contributed by atoms with Crippen LogP contribution < -0.4 is 25.3 Å². The zero-order chi connectivity index (χ0) is 27.8. The second kappa shape index (κ2) is 10.6. The molecule has 1 aromatic carbocycles. The quantitative estimate of drug-likeness (QED) is 0.284. The number of piperidine rings is 1. The van der Waals surface area contributed by atoms with E-state index < -0.39 is 20.0 Å². The van der Waals surface area contributed by atoms with Gasteiger partial charge in [0.15, 0.2) is 0 Å². The summed E-state index contributed by atoms with van der Waals surface area (Å²) in [6, 6.07) is 6.64. The van der Waals surface area contributed by atoms with Gasteiger partial charge in [-0.1, -0.05) is 0 Å². The first kappa shape index (κ1) is 27.2. The Bertz CT molecular complexity index is 1460. The van der Waals surface area contributed by atoms with Crippen LogP contribution in [0.5, 0.6) is 5.75 Å². The molecule has 8 nitrogen and oxygen atoms in total. The van der Waals surface area contributed by atoms with Gasteiger partial charge in [-0.25, -0.2) is 0 Å². The summed E-state index contributed by atoms with van der Waals surface area (Å²) >= 11 is -1.80. The number of hydrogen-bond donors (Lipinski definition) is 3. The van der Waals surface area contributed by atoms with Gasteiger partial charge in [0.05, 0.1) is 0 Å². The number of carbonyl (C=O) groups is 1. The molecule has 1 aliphatic heterocycles. The van der Waals surface area contributed by atoms with E-state index in [0.717, 1.165) is 25.9 Å². The first-order valence-electron chi connectivity index (χ1n) is 12.5. The van der Waals surface area contributed by atoms with Gasteiger partial charge in [0.2, 0.25) is 0 Å². The Hall–Kier alpha value is -3.39. The minimum absolute atomic E-state index is 0.0427. The fourth-order valence-corrected chi connectivity index (χ4v) is 6.59. The van der Waals surface area contributed by atoms with Gasteiger partial charge in [-0.05, 0) is 0 Å². The molecule has 39 heavy (non-hydrogen) atoms. The predicted molar refractivity (Wildman–Crippen MR) is 145 cm³/mol. The average Bonchev–Trinajstić information content (AvgIpc) is 3.50. The number of hydrogen-bond acceptors (Lipinski definition) is 6. The van der Waals surface area contributed by atoms with Gasteiger partial charge in [-0.2, -0.15) is 0 Å². The molecule has 206 valence electrons. The number of alkyl halides is 3. The Balaban J connectivity index is 1.41. The summed E-state index contributed by atoms with van der Waals surface area (Å²) in [5.41, 5.74) is 1.87. The molecular formula is C27H29F3N6O2Se. The molecule has 0 unspecified atom stereocenters. The number of methoxy groups -OCH3 is 1. The summed E-state index contributed by atoms with van der Waals surface area (Å²) in [5, 5.41) is 4.91. The maximum absolute atomic E-state index is 13.6. The van der Waals surface area contributed by atoms with E-state index in [-0.39, 0.29) is 22.6 Å². The summed E-state index contributed by atoms with van der Waals surface area (Å²) in [7, 11) is 5.16. The Morgan fingerprint density at radius 2 is 2.15 bits per heavy atom. The van der Waals surface area contributed by atoms with Crippen molar-refractivity contribution in [2.75, 3.05) is 51.5 Å². The molecule has 5 rings (SSSR count). The summed E-state index contributed by atoms with van der Waals surface area (Å²) in [6.45, 7) is 2.11. The van der Waals surface area contributed by atoms with Crippen molar-refractivity contribution >= 4 is 42.5 Å². The maximum atomic E-state index is 13.6. The molecule has 2 fully saturated rings. The standard InChI is InChI=1S/C27H29F3N6O2Se/c1-31-24(37)17-6-7-22(38-3)20(13-17)32-9-4-5-18-14-21-23(34-26-8-11-35(2)16-19(26)15-26)33-10-12-36(21)25(18)39-27(28,29)30/h6-7,10,12-14,19,32H,8-9,11,15-16H2,1-3H3,(H,31,37)(H,33,34)/t19-,26+/m0/s1. The van der Waals surface area contributed by atoms with Gasteiger partial charge in [0, 0.05) is 0 Å². The van der Waals surface area contributed by atoms with E-state index in [1.807, 2.05) is 0 Å². The zero-order valence-electron chi connectivity index (χ0n) is 21.8. The molecule has 2 aromatic heterocycles. The third kappa shape index (κ3) is 5.81. The zero-order valence-corrected chi connectivity index (χ0v) is 23.5. The van der Waals surface area contributed by atoms with E-state index in [4.69, 9.17) is 4.74 Å². The average molecular weight is 606 g/mol. The second-order valence-electron chi connectivity index (χ2n) is 9.79. The van der Waals surface area contributed by atoms with Gasteiger partial charge >= 0.3 is 231 Å². The topological polar surface area (TPSA) is 82.9 Å². The summed E-state index contributed by atoms with van der Waals surface area (Å²) in [5.74, 6) is 7.25. The van der Waals surface area contributed by atoms with Crippen LogP contribution in [0.4, 0.5) is 24.7 Å². The molecule has 3 aromatic rings. The summed E-state index contributed by atoms with van der Waals surface area (Å²) < 4.78 is 47.9. The van der Waals surface area contributed by atoms with Crippen LogP contribution in [0.1, 0.15) is 28.8 Å². The summed E-state index contributed by atoms with van der Waals surface area (Å²) in [4.78, 5) is 18.8. The summed E-state index contributed by atoms with van der Waals surface area (Å²) in [6.07, 6.45) is 5.11. The van der Waals surface area contributed by atoms with Crippen molar-refractivity contribution in [3.05, 3.63) is 47.8 Å². The Labute approximate surface area is 230 Å². The number of aromatic nitrogens is 2. The third-order valence-electron chi connectivity index (χ3n) is 7.21. The molecule has 1 amide bonds. The number of nitrogens with zero attached hydrogens (tertiary/aromatic N) is 3. The van der Waals surface area contributed by atoms with Crippen LogP contribution in [-0.4, -0.2) is 86.6 Å². The van der Waals surface area contributed by atoms with Gasteiger partial charge in [0.1, 0.15) is 0 Å². The Kier molecular flexibility index (Phi) is 7.42. The van der Waals surface area contributed by atoms with Gasteiger partial charge < -0.3 is 0 Å². The molecule has 0 radical (unpaired) electrons. The number of nitrogens with one attached hydrogen (secondary N) is 3. The second-order valence-corrected chi connectivity index (χ2v) is 12.0. The van der Waals surface area contributed by atoms with E-state index in [2.05, 4.69) is 44.7 Å². The van der Waals surface area contributed by atoms with Crippen molar-refractivity contribution in [1.82, 2.24) is 19.6 Å². The molecule has 2 aliphatic rings. The van der Waals surface area contributed by atoms with Crippen molar-refractivity contribution in [3.8, 4) is 17.6 Å². The van der Waals surface area contributed by atoms with E-state index in [1.165, 1.54) is 7.11 Å². The molecule has 1 saturated carbocycles. The van der Waals surface area contributed by atoms with Crippen LogP contribution in [0, 0.1) is 17.8 Å². The Morgan fingerprint density at radius 3 is 2.87 bits per heavy atom. The number of halogens is 3. The number of benzene rings is 1. The number of rotatable bonds is 7. The van der Waals surface area contributed by atoms with Crippen LogP contribution in [-0.2, 0) is 0 Å². The van der Waals surface area contributed by atoms with E-state index >= 15 is 0 Å². The number of ether oxygens (including phenoxy) is 1. The van der Waals surface area contributed by atoms with Crippen molar-refractivity contribution < 1.29 is 22.7 Å². The fourth-order valence-electron chi connectivity index (χ4n) is 5.12. The normalized spacial score (nSPS) is 20.5. The minimum atomic E-state index is -4.34. The third-order valence-corrected chi connectivity index (χ3v) is 8.98. The monoisotopic (exact) mass is 606 g/mol. The molecule has 3 N–H and O–H groups in total. The van der Waals surface area contributed by atoms with E-state index in [0.29, 0.717) is 39.8 Å². The van der Waals surface area contributed by atoms with Crippen LogP contribution in [0.3, 0.4) is 0 Å². The van der Waals surface area contributed by atoms with Crippen LogP contribution in [0.15, 0.2) is 36.7 Å². The molecule has 1 saturated heterocycles. The molecule has 1 aliphatic carbocycles. The van der Waals surface area contributed by atoms with Crippen molar-refractivity contribution in [2.45, 2.75) is 23.5 Å². The van der Waals surface area contributed by atoms with Crippen LogP contribution >= 0.6 is 0 Å². The number of amides is 1.